The van der Waals surface area contributed by atoms with E-state index in [-0.39, 0.29) is 11.9 Å². The first-order valence-corrected chi connectivity index (χ1v) is 9.60. The number of ether oxygens (including phenoxy) is 2. The molecule has 0 unspecified atom stereocenters. The highest BCUT2D eigenvalue weighted by atomic mass is 32.2. The highest BCUT2D eigenvalue weighted by Gasteiger charge is 2.27. The second-order valence-electron chi connectivity index (χ2n) is 6.51. The molecular formula is C17H33NO4S. The molecule has 6 heteroatoms. The molecular weight excluding hydrogens is 314 g/mol. The van der Waals surface area contributed by atoms with Gasteiger partial charge in [0.05, 0.1) is 6.61 Å². The third kappa shape index (κ3) is 11.4. The highest BCUT2D eigenvalue weighted by molar-refractivity contribution is 7.99. The van der Waals surface area contributed by atoms with Crippen molar-refractivity contribution >= 4 is 23.7 Å². The van der Waals surface area contributed by atoms with Gasteiger partial charge in [0.2, 0.25) is 0 Å². The van der Waals surface area contributed by atoms with Crippen LogP contribution in [0.25, 0.3) is 0 Å². The van der Waals surface area contributed by atoms with Crippen LogP contribution in [-0.2, 0) is 19.1 Å². The standard InChI is InChI=1S/C17H33NO4S/c1-7-9-10-11-23-12-14(16(20)21-8-2)18-13(3)15(19)22-17(4,5)6/h13-14,18H,7-12H2,1-6H3/t13-,14-/m0/s1. The van der Waals surface area contributed by atoms with Crippen LogP contribution in [0.1, 0.15) is 60.8 Å². The third-order valence-corrected chi connectivity index (χ3v) is 4.11. The van der Waals surface area contributed by atoms with Crippen LogP contribution in [0.5, 0.6) is 0 Å². The molecule has 23 heavy (non-hydrogen) atoms. The Morgan fingerprint density at radius 3 is 2.30 bits per heavy atom. The molecule has 0 aromatic heterocycles. The van der Waals surface area contributed by atoms with Crippen LogP contribution in [0.15, 0.2) is 0 Å². The molecule has 0 aliphatic carbocycles. The van der Waals surface area contributed by atoms with Gasteiger partial charge >= 0.3 is 11.9 Å². The maximum Gasteiger partial charge on any atom is 0.324 e. The van der Waals surface area contributed by atoms with Crippen LogP contribution in [0.4, 0.5) is 0 Å². The van der Waals surface area contributed by atoms with E-state index in [0.717, 1.165) is 12.2 Å². The first-order chi connectivity index (χ1) is 10.7. The van der Waals surface area contributed by atoms with Gasteiger partial charge in [0.15, 0.2) is 0 Å². The molecule has 0 saturated carbocycles. The zero-order chi connectivity index (χ0) is 17.9. The molecule has 0 bridgehead atoms. The number of hydrogen-bond acceptors (Lipinski definition) is 6. The van der Waals surface area contributed by atoms with E-state index in [0.29, 0.717) is 12.4 Å². The van der Waals surface area contributed by atoms with Gasteiger partial charge in [-0.05, 0) is 46.8 Å². The van der Waals surface area contributed by atoms with E-state index in [4.69, 9.17) is 9.47 Å². The predicted molar refractivity (Wildman–Crippen MR) is 95.7 cm³/mol. The Balaban J connectivity index is 4.49. The molecule has 0 aromatic carbocycles. The topological polar surface area (TPSA) is 64.6 Å². The average Bonchev–Trinajstić information content (AvgIpc) is 2.44. The van der Waals surface area contributed by atoms with Crippen molar-refractivity contribution in [3.63, 3.8) is 0 Å². The summed E-state index contributed by atoms with van der Waals surface area (Å²) in [6.45, 7) is 11.5. The van der Waals surface area contributed by atoms with Crippen LogP contribution >= 0.6 is 11.8 Å². The fourth-order valence-electron chi connectivity index (χ4n) is 1.84. The van der Waals surface area contributed by atoms with Crippen molar-refractivity contribution in [2.45, 2.75) is 78.5 Å². The lowest BCUT2D eigenvalue weighted by molar-refractivity contribution is -0.157. The molecule has 0 saturated heterocycles. The number of carbonyl (C=O) groups is 2. The molecule has 136 valence electrons. The van der Waals surface area contributed by atoms with Crippen LogP contribution < -0.4 is 5.32 Å². The van der Waals surface area contributed by atoms with Gasteiger partial charge in [0.25, 0.3) is 0 Å². The van der Waals surface area contributed by atoms with Crippen molar-refractivity contribution < 1.29 is 19.1 Å². The van der Waals surface area contributed by atoms with Gasteiger partial charge in [-0.15, -0.1) is 0 Å². The van der Waals surface area contributed by atoms with Crippen LogP contribution in [-0.4, -0.2) is 47.7 Å². The molecule has 0 rings (SSSR count). The number of carbonyl (C=O) groups excluding carboxylic acids is 2. The third-order valence-electron chi connectivity index (χ3n) is 2.96. The van der Waals surface area contributed by atoms with Crippen molar-refractivity contribution in [3.8, 4) is 0 Å². The Hall–Kier alpha value is -0.750. The van der Waals surface area contributed by atoms with E-state index >= 15 is 0 Å². The molecule has 0 spiro atoms. The molecule has 1 N–H and O–H groups in total. The van der Waals surface area contributed by atoms with Crippen molar-refractivity contribution in [1.82, 2.24) is 5.32 Å². The normalized spacial score (nSPS) is 14.2. The molecule has 0 radical (unpaired) electrons. The van der Waals surface area contributed by atoms with E-state index in [1.165, 1.54) is 12.8 Å². The summed E-state index contributed by atoms with van der Waals surface area (Å²) in [5.74, 6) is 0.927. The van der Waals surface area contributed by atoms with Crippen molar-refractivity contribution in [2.75, 3.05) is 18.1 Å². The monoisotopic (exact) mass is 347 g/mol. The Labute approximate surface area is 145 Å². The van der Waals surface area contributed by atoms with Gasteiger partial charge in [-0.1, -0.05) is 19.8 Å². The molecule has 0 aromatic rings. The van der Waals surface area contributed by atoms with Crippen molar-refractivity contribution in [2.24, 2.45) is 0 Å². The second kappa shape index (κ2) is 11.7. The number of unbranched alkanes of at least 4 members (excludes halogenated alkanes) is 2. The van der Waals surface area contributed by atoms with Crippen molar-refractivity contribution in [3.05, 3.63) is 0 Å². The smallest absolute Gasteiger partial charge is 0.324 e. The van der Waals surface area contributed by atoms with E-state index in [9.17, 15) is 9.59 Å². The van der Waals surface area contributed by atoms with E-state index in [2.05, 4.69) is 12.2 Å². The molecule has 0 aliphatic rings. The quantitative estimate of drug-likeness (QED) is 0.457. The van der Waals surface area contributed by atoms with Crippen LogP contribution in [0.3, 0.4) is 0 Å². The molecule has 0 heterocycles. The first-order valence-electron chi connectivity index (χ1n) is 8.44. The zero-order valence-electron chi connectivity index (χ0n) is 15.4. The molecule has 0 aliphatic heterocycles. The van der Waals surface area contributed by atoms with E-state index < -0.39 is 17.7 Å². The van der Waals surface area contributed by atoms with Crippen LogP contribution in [0, 0.1) is 0 Å². The summed E-state index contributed by atoms with van der Waals surface area (Å²) in [6.07, 6.45) is 3.51. The molecule has 2 atom stereocenters. The first kappa shape index (κ1) is 22.2. The number of hydrogen-bond donors (Lipinski definition) is 1. The summed E-state index contributed by atoms with van der Waals surface area (Å²) in [5, 5.41) is 3.04. The largest absolute Gasteiger partial charge is 0.465 e. The molecule has 0 fully saturated rings. The summed E-state index contributed by atoms with van der Waals surface area (Å²) >= 11 is 1.71. The number of esters is 2. The fourth-order valence-corrected chi connectivity index (χ4v) is 2.89. The Morgan fingerprint density at radius 2 is 1.78 bits per heavy atom. The van der Waals surface area contributed by atoms with Crippen molar-refractivity contribution in [1.29, 1.82) is 0 Å². The lowest BCUT2D eigenvalue weighted by Gasteiger charge is -2.25. The number of rotatable bonds is 11. The molecule has 0 amide bonds. The minimum Gasteiger partial charge on any atom is -0.465 e. The number of nitrogens with one attached hydrogen (secondary N) is 1. The van der Waals surface area contributed by atoms with Gasteiger partial charge in [0.1, 0.15) is 17.7 Å². The maximum absolute atomic E-state index is 12.1. The highest BCUT2D eigenvalue weighted by Crippen LogP contribution is 2.12. The number of thioether (sulfide) groups is 1. The van der Waals surface area contributed by atoms with Crippen LogP contribution in [0.2, 0.25) is 0 Å². The van der Waals surface area contributed by atoms with Gasteiger partial charge in [0, 0.05) is 5.75 Å². The summed E-state index contributed by atoms with van der Waals surface area (Å²) in [6, 6.07) is -1.05. The molecule has 5 nitrogen and oxygen atoms in total. The summed E-state index contributed by atoms with van der Waals surface area (Å²) < 4.78 is 10.4. The maximum atomic E-state index is 12.1. The summed E-state index contributed by atoms with van der Waals surface area (Å²) in [4.78, 5) is 24.1. The van der Waals surface area contributed by atoms with E-state index in [1.807, 2.05) is 20.8 Å². The Kier molecular flexibility index (Phi) is 11.4. The van der Waals surface area contributed by atoms with Gasteiger partial charge in [-0.2, -0.15) is 11.8 Å². The SMILES string of the molecule is CCCCCSC[C@H](N[C@@H](C)C(=O)OC(C)(C)C)C(=O)OCC. The summed E-state index contributed by atoms with van der Waals surface area (Å²) in [5.41, 5.74) is -0.540. The van der Waals surface area contributed by atoms with Gasteiger partial charge < -0.3 is 9.47 Å². The van der Waals surface area contributed by atoms with Gasteiger partial charge in [-0.3, -0.25) is 14.9 Å². The Morgan fingerprint density at radius 1 is 1.13 bits per heavy atom. The lowest BCUT2D eigenvalue weighted by atomic mass is 10.2. The minimum atomic E-state index is -0.556. The zero-order valence-corrected chi connectivity index (χ0v) is 16.3. The second-order valence-corrected chi connectivity index (χ2v) is 7.66. The fraction of sp³-hybridized carbons (Fsp3) is 0.882. The van der Waals surface area contributed by atoms with Gasteiger partial charge in [-0.25, -0.2) is 0 Å². The Bertz CT molecular complexity index is 355. The predicted octanol–water partition coefficient (Wildman–Crippen LogP) is 3.16. The average molecular weight is 348 g/mol. The van der Waals surface area contributed by atoms with E-state index in [1.54, 1.807) is 25.6 Å². The summed E-state index contributed by atoms with van der Waals surface area (Å²) in [7, 11) is 0. The lowest BCUT2D eigenvalue weighted by Crippen LogP contribution is -2.49. The minimum absolute atomic E-state index is 0.314.